The summed E-state index contributed by atoms with van der Waals surface area (Å²) in [5, 5.41) is 21.0. The first-order valence-electron chi connectivity index (χ1n) is 10.2. The van der Waals surface area contributed by atoms with Crippen LogP contribution in [0.4, 0.5) is 5.69 Å². The molecule has 0 spiro atoms. The number of nitrogens with zero attached hydrogens (tertiary/aromatic N) is 1. The van der Waals surface area contributed by atoms with Gasteiger partial charge in [-0.15, -0.1) is 0 Å². The molecule has 6 nitrogen and oxygen atoms in total. The highest BCUT2D eigenvalue weighted by Crippen LogP contribution is 2.43. The second-order valence-electron chi connectivity index (χ2n) is 7.96. The summed E-state index contributed by atoms with van der Waals surface area (Å²) >= 11 is 3.39. The third-order valence-electron chi connectivity index (χ3n) is 5.56. The summed E-state index contributed by atoms with van der Waals surface area (Å²) < 4.78 is 5.84. The van der Waals surface area contributed by atoms with Gasteiger partial charge in [0.1, 0.15) is 17.3 Å². The van der Waals surface area contributed by atoms with Gasteiger partial charge in [0.05, 0.1) is 23.2 Å². The number of carbonyl (C=O) groups is 2. The third-order valence-corrected chi connectivity index (χ3v) is 6.18. The van der Waals surface area contributed by atoms with Crippen molar-refractivity contribution in [3.8, 4) is 11.5 Å². The lowest BCUT2D eigenvalue weighted by Crippen LogP contribution is -2.29. The summed E-state index contributed by atoms with van der Waals surface area (Å²) in [4.78, 5) is 27.9. The van der Waals surface area contributed by atoms with Gasteiger partial charge in [-0.2, -0.15) is 0 Å². The highest BCUT2D eigenvalue weighted by Gasteiger charge is 2.47. The molecule has 33 heavy (non-hydrogen) atoms. The molecule has 0 radical (unpaired) electrons. The molecule has 7 heteroatoms. The second kappa shape index (κ2) is 8.75. The van der Waals surface area contributed by atoms with Crippen molar-refractivity contribution in [2.24, 2.45) is 0 Å². The van der Waals surface area contributed by atoms with Gasteiger partial charge in [0.2, 0.25) is 0 Å². The standard InChI is InChI=1S/C26H22BrNO5/c1-14-10-15(2)12-18(11-14)28-23(16-4-7-19(29)8-5-16)22(25(31)26(28)32)24(30)17-6-9-21(33-3)20(27)13-17/h4-13,23,29-30H,1-3H3/b24-22-. The minimum absolute atomic E-state index is 0.0260. The number of benzene rings is 3. The minimum Gasteiger partial charge on any atom is -0.508 e. The first-order valence-corrected chi connectivity index (χ1v) is 11.0. The van der Waals surface area contributed by atoms with Gasteiger partial charge in [0.25, 0.3) is 11.7 Å². The van der Waals surface area contributed by atoms with Gasteiger partial charge in [0, 0.05) is 11.3 Å². The van der Waals surface area contributed by atoms with Crippen LogP contribution in [0.2, 0.25) is 0 Å². The number of methoxy groups -OCH3 is 1. The van der Waals surface area contributed by atoms with Crippen molar-refractivity contribution >= 4 is 39.1 Å². The number of halogens is 1. The zero-order valence-electron chi connectivity index (χ0n) is 18.3. The van der Waals surface area contributed by atoms with E-state index in [0.29, 0.717) is 27.0 Å². The van der Waals surface area contributed by atoms with Crippen molar-refractivity contribution < 1.29 is 24.5 Å². The normalized spacial score (nSPS) is 17.5. The lowest BCUT2D eigenvalue weighted by atomic mass is 9.95. The Kier molecular flexibility index (Phi) is 5.99. The van der Waals surface area contributed by atoms with E-state index in [0.717, 1.165) is 11.1 Å². The van der Waals surface area contributed by atoms with Crippen LogP contribution in [-0.4, -0.2) is 29.0 Å². The topological polar surface area (TPSA) is 87.1 Å². The second-order valence-corrected chi connectivity index (χ2v) is 8.81. The number of aromatic hydroxyl groups is 1. The summed E-state index contributed by atoms with van der Waals surface area (Å²) in [5.41, 5.74) is 3.36. The first-order chi connectivity index (χ1) is 15.7. The molecule has 1 atom stereocenters. The number of phenols is 1. The minimum atomic E-state index is -0.868. The van der Waals surface area contributed by atoms with Gasteiger partial charge < -0.3 is 14.9 Å². The molecule has 0 bridgehead atoms. The van der Waals surface area contributed by atoms with E-state index in [1.54, 1.807) is 30.3 Å². The van der Waals surface area contributed by atoms with E-state index in [2.05, 4.69) is 15.9 Å². The number of ketones is 1. The van der Waals surface area contributed by atoms with Crippen LogP contribution in [0.1, 0.15) is 28.3 Å². The van der Waals surface area contributed by atoms with Crippen LogP contribution < -0.4 is 9.64 Å². The SMILES string of the molecule is COc1ccc(/C(O)=C2/C(=O)C(=O)N(c3cc(C)cc(C)c3)C2c2ccc(O)cc2)cc1Br. The number of aliphatic hydroxyl groups is 1. The summed E-state index contributed by atoms with van der Waals surface area (Å²) in [5.74, 6) is -1.18. The lowest BCUT2D eigenvalue weighted by Gasteiger charge is -2.26. The number of rotatable bonds is 4. The molecule has 3 aromatic carbocycles. The number of ether oxygens (including phenoxy) is 1. The molecule has 1 heterocycles. The molecule has 1 aliphatic rings. The van der Waals surface area contributed by atoms with E-state index in [4.69, 9.17) is 4.74 Å². The van der Waals surface area contributed by atoms with Crippen molar-refractivity contribution in [1.82, 2.24) is 0 Å². The quantitative estimate of drug-likeness (QED) is 0.280. The van der Waals surface area contributed by atoms with Crippen molar-refractivity contribution in [2.45, 2.75) is 19.9 Å². The highest BCUT2D eigenvalue weighted by molar-refractivity contribution is 9.10. The number of hydrogen-bond donors (Lipinski definition) is 2. The molecule has 2 N–H and O–H groups in total. The van der Waals surface area contributed by atoms with Crippen LogP contribution in [0.25, 0.3) is 5.76 Å². The molecular formula is C26H22BrNO5. The molecule has 0 aromatic heterocycles. The molecule has 4 rings (SSSR count). The van der Waals surface area contributed by atoms with Crippen LogP contribution in [0.3, 0.4) is 0 Å². The number of Topliss-reactive ketones (excluding diaryl/α,β-unsaturated/α-hetero) is 1. The van der Waals surface area contributed by atoms with Crippen molar-refractivity contribution in [2.75, 3.05) is 12.0 Å². The molecule has 1 aliphatic heterocycles. The fraction of sp³-hybridized carbons (Fsp3) is 0.154. The average Bonchev–Trinajstić information content (AvgIpc) is 3.03. The van der Waals surface area contributed by atoms with Crippen LogP contribution in [0.15, 0.2) is 70.7 Å². The van der Waals surface area contributed by atoms with Gasteiger partial charge in [-0.05, 0) is 88.9 Å². The zero-order valence-corrected chi connectivity index (χ0v) is 19.9. The van der Waals surface area contributed by atoms with Gasteiger partial charge in [-0.3, -0.25) is 14.5 Å². The predicted octanol–water partition coefficient (Wildman–Crippen LogP) is 5.41. The number of anilines is 1. The molecule has 3 aromatic rings. The van der Waals surface area contributed by atoms with Crippen LogP contribution in [0, 0.1) is 13.8 Å². The van der Waals surface area contributed by atoms with Crippen LogP contribution in [0.5, 0.6) is 11.5 Å². The fourth-order valence-corrected chi connectivity index (χ4v) is 4.67. The number of aryl methyl sites for hydroxylation is 2. The van der Waals surface area contributed by atoms with Crippen molar-refractivity contribution in [1.29, 1.82) is 0 Å². The number of hydrogen-bond acceptors (Lipinski definition) is 5. The summed E-state index contributed by atoms with van der Waals surface area (Å²) in [6.45, 7) is 3.83. The van der Waals surface area contributed by atoms with E-state index in [1.165, 1.54) is 24.1 Å². The lowest BCUT2D eigenvalue weighted by molar-refractivity contribution is -0.132. The number of aliphatic hydroxyl groups excluding tert-OH is 1. The molecule has 0 aliphatic carbocycles. The first kappa shape index (κ1) is 22.6. The van der Waals surface area contributed by atoms with Gasteiger partial charge in [-0.1, -0.05) is 18.2 Å². The maximum absolute atomic E-state index is 13.2. The van der Waals surface area contributed by atoms with E-state index in [-0.39, 0.29) is 17.1 Å². The Morgan fingerprint density at radius 3 is 2.18 bits per heavy atom. The molecule has 1 fully saturated rings. The van der Waals surface area contributed by atoms with Crippen molar-refractivity contribution in [3.63, 3.8) is 0 Å². The summed E-state index contributed by atoms with van der Waals surface area (Å²) in [6, 6.07) is 15.9. The molecular weight excluding hydrogens is 486 g/mol. The Morgan fingerprint density at radius 2 is 1.61 bits per heavy atom. The Labute approximate surface area is 199 Å². The van der Waals surface area contributed by atoms with Crippen LogP contribution >= 0.6 is 15.9 Å². The van der Waals surface area contributed by atoms with E-state index < -0.39 is 17.7 Å². The smallest absolute Gasteiger partial charge is 0.300 e. The van der Waals surface area contributed by atoms with E-state index >= 15 is 0 Å². The fourth-order valence-electron chi connectivity index (χ4n) is 4.13. The Hall–Kier alpha value is -3.58. The maximum Gasteiger partial charge on any atom is 0.300 e. The molecule has 0 saturated carbocycles. The Bertz CT molecular complexity index is 1280. The number of carbonyl (C=O) groups excluding carboxylic acids is 2. The van der Waals surface area contributed by atoms with Gasteiger partial charge in [0.15, 0.2) is 0 Å². The zero-order chi connectivity index (χ0) is 23.9. The van der Waals surface area contributed by atoms with Gasteiger partial charge in [-0.25, -0.2) is 0 Å². The monoisotopic (exact) mass is 507 g/mol. The number of amides is 1. The van der Waals surface area contributed by atoms with Crippen LogP contribution in [-0.2, 0) is 9.59 Å². The molecule has 1 unspecified atom stereocenters. The summed E-state index contributed by atoms with van der Waals surface area (Å²) in [6.07, 6.45) is 0. The largest absolute Gasteiger partial charge is 0.508 e. The average molecular weight is 508 g/mol. The highest BCUT2D eigenvalue weighted by atomic mass is 79.9. The maximum atomic E-state index is 13.2. The van der Waals surface area contributed by atoms with Crippen molar-refractivity contribution in [3.05, 3.63) is 93.0 Å². The molecule has 168 valence electrons. The third kappa shape index (κ3) is 4.12. The summed E-state index contributed by atoms with van der Waals surface area (Å²) in [7, 11) is 1.53. The molecule has 1 amide bonds. The molecule has 1 saturated heterocycles. The van der Waals surface area contributed by atoms with E-state index in [1.807, 2.05) is 32.0 Å². The predicted molar refractivity (Wildman–Crippen MR) is 129 cm³/mol. The Balaban J connectivity index is 1.96. The van der Waals surface area contributed by atoms with Gasteiger partial charge >= 0.3 is 0 Å². The number of phenolic OH excluding ortho intramolecular Hbond substituents is 1. The van der Waals surface area contributed by atoms with E-state index in [9.17, 15) is 19.8 Å². The Morgan fingerprint density at radius 1 is 0.970 bits per heavy atom.